The lowest BCUT2D eigenvalue weighted by molar-refractivity contribution is -0.137. The van der Waals surface area contributed by atoms with Crippen molar-refractivity contribution in [2.75, 3.05) is 14.2 Å². The zero-order chi connectivity index (χ0) is 14.5. The summed E-state index contributed by atoms with van der Waals surface area (Å²) in [7, 11) is 3.15. The zero-order valence-corrected chi connectivity index (χ0v) is 11.4. The van der Waals surface area contributed by atoms with E-state index in [2.05, 4.69) is 0 Å². The van der Waals surface area contributed by atoms with E-state index in [1.54, 1.807) is 26.4 Å². The molecule has 0 saturated carbocycles. The van der Waals surface area contributed by atoms with Crippen molar-refractivity contribution in [3.63, 3.8) is 0 Å². The summed E-state index contributed by atoms with van der Waals surface area (Å²) in [6.07, 6.45) is 0.432. The molecule has 1 heterocycles. The molecule has 5 heteroatoms. The van der Waals surface area contributed by atoms with Crippen LogP contribution in [-0.2, 0) is 11.2 Å². The number of carbonyl (C=O) groups is 1. The van der Waals surface area contributed by atoms with Crippen LogP contribution in [0.15, 0.2) is 34.7 Å². The van der Waals surface area contributed by atoms with Crippen LogP contribution < -0.4 is 9.47 Å². The molecule has 0 aliphatic rings. The summed E-state index contributed by atoms with van der Waals surface area (Å²) in [6, 6.07) is 9.08. The first kappa shape index (κ1) is 14.0. The normalized spacial score (nSPS) is 10.3. The molecule has 1 aromatic heterocycles. The van der Waals surface area contributed by atoms with E-state index >= 15 is 0 Å². The lowest BCUT2D eigenvalue weighted by Gasteiger charge is -2.08. The SMILES string of the molecule is COc1ccc(-c2ccc(CCC(=O)O)o2)cc1OC. The molecule has 0 radical (unpaired) electrons. The number of aryl methyl sites for hydroxylation is 1. The van der Waals surface area contributed by atoms with E-state index < -0.39 is 5.97 Å². The Morgan fingerprint density at radius 2 is 1.90 bits per heavy atom. The molecular weight excluding hydrogens is 260 g/mol. The van der Waals surface area contributed by atoms with Crippen molar-refractivity contribution in [1.29, 1.82) is 0 Å². The second kappa shape index (κ2) is 6.14. The Morgan fingerprint density at radius 3 is 2.55 bits per heavy atom. The molecule has 2 aromatic rings. The number of hydrogen-bond acceptors (Lipinski definition) is 4. The number of rotatable bonds is 6. The molecular formula is C15H16O5. The number of furan rings is 1. The molecule has 20 heavy (non-hydrogen) atoms. The molecule has 0 atom stereocenters. The summed E-state index contributed by atoms with van der Waals surface area (Å²) in [6.45, 7) is 0. The van der Waals surface area contributed by atoms with E-state index in [4.69, 9.17) is 19.0 Å². The minimum Gasteiger partial charge on any atom is -0.493 e. The highest BCUT2D eigenvalue weighted by Crippen LogP contribution is 2.33. The molecule has 0 aliphatic carbocycles. The molecule has 0 bridgehead atoms. The molecule has 0 fully saturated rings. The fourth-order valence-electron chi connectivity index (χ4n) is 1.89. The topological polar surface area (TPSA) is 68.9 Å². The minimum atomic E-state index is -0.839. The highest BCUT2D eigenvalue weighted by Gasteiger charge is 2.10. The van der Waals surface area contributed by atoms with Gasteiger partial charge >= 0.3 is 5.97 Å². The summed E-state index contributed by atoms with van der Waals surface area (Å²) in [5.41, 5.74) is 0.851. The van der Waals surface area contributed by atoms with Crippen molar-refractivity contribution in [2.24, 2.45) is 0 Å². The predicted molar refractivity (Wildman–Crippen MR) is 73.2 cm³/mol. The van der Waals surface area contributed by atoms with Crippen LogP contribution in [0.2, 0.25) is 0 Å². The molecule has 0 saturated heterocycles. The van der Waals surface area contributed by atoms with Gasteiger partial charge in [0.05, 0.1) is 20.6 Å². The van der Waals surface area contributed by atoms with Crippen LogP contribution in [0.1, 0.15) is 12.2 Å². The second-order valence-electron chi connectivity index (χ2n) is 4.23. The number of carboxylic acids is 1. The van der Waals surface area contributed by atoms with Crippen LogP contribution in [0.5, 0.6) is 11.5 Å². The van der Waals surface area contributed by atoms with E-state index in [1.165, 1.54) is 0 Å². The maximum Gasteiger partial charge on any atom is 0.303 e. The van der Waals surface area contributed by atoms with Crippen LogP contribution in [0.3, 0.4) is 0 Å². The first-order chi connectivity index (χ1) is 9.63. The Balaban J connectivity index is 2.21. The monoisotopic (exact) mass is 276 g/mol. The Hall–Kier alpha value is -2.43. The van der Waals surface area contributed by atoms with E-state index in [1.807, 2.05) is 18.2 Å². The molecule has 1 N–H and O–H groups in total. The maximum absolute atomic E-state index is 10.5. The molecule has 2 rings (SSSR count). The zero-order valence-electron chi connectivity index (χ0n) is 11.4. The van der Waals surface area contributed by atoms with Crippen molar-refractivity contribution in [3.05, 3.63) is 36.1 Å². The Bertz CT molecular complexity index is 600. The number of carboxylic acid groups (broad SMARTS) is 1. The second-order valence-corrected chi connectivity index (χ2v) is 4.23. The molecule has 0 spiro atoms. The maximum atomic E-state index is 10.5. The summed E-state index contributed by atoms with van der Waals surface area (Å²) in [5, 5.41) is 8.65. The van der Waals surface area contributed by atoms with Gasteiger partial charge in [0.1, 0.15) is 11.5 Å². The van der Waals surface area contributed by atoms with Gasteiger partial charge in [-0.1, -0.05) is 0 Å². The van der Waals surface area contributed by atoms with Gasteiger partial charge in [-0.05, 0) is 30.3 Å². The number of aliphatic carboxylic acids is 1. The molecule has 106 valence electrons. The molecule has 0 aliphatic heterocycles. The third-order valence-corrected chi connectivity index (χ3v) is 2.91. The first-order valence-electron chi connectivity index (χ1n) is 6.17. The minimum absolute atomic E-state index is 0.0545. The Morgan fingerprint density at radius 1 is 1.15 bits per heavy atom. The highest BCUT2D eigenvalue weighted by molar-refractivity contribution is 5.67. The molecule has 0 amide bonds. The van der Waals surface area contributed by atoms with Gasteiger partial charge in [0.25, 0.3) is 0 Å². The van der Waals surface area contributed by atoms with Crippen molar-refractivity contribution < 1.29 is 23.8 Å². The van der Waals surface area contributed by atoms with Crippen molar-refractivity contribution in [3.8, 4) is 22.8 Å². The fourth-order valence-corrected chi connectivity index (χ4v) is 1.89. The third kappa shape index (κ3) is 3.12. The number of benzene rings is 1. The van der Waals surface area contributed by atoms with Crippen LogP contribution in [0, 0.1) is 0 Å². The summed E-state index contributed by atoms with van der Waals surface area (Å²) < 4.78 is 16.0. The summed E-state index contributed by atoms with van der Waals surface area (Å²) in [4.78, 5) is 10.5. The van der Waals surface area contributed by atoms with Crippen LogP contribution in [0.4, 0.5) is 0 Å². The van der Waals surface area contributed by atoms with Crippen LogP contribution >= 0.6 is 0 Å². The number of ether oxygens (including phenoxy) is 2. The van der Waals surface area contributed by atoms with Gasteiger partial charge in [-0.3, -0.25) is 4.79 Å². The largest absolute Gasteiger partial charge is 0.493 e. The van der Waals surface area contributed by atoms with E-state index in [-0.39, 0.29) is 6.42 Å². The molecule has 5 nitrogen and oxygen atoms in total. The quantitative estimate of drug-likeness (QED) is 0.878. The average Bonchev–Trinajstić information content (AvgIpc) is 2.93. The Kier molecular flexibility index (Phi) is 4.30. The first-order valence-corrected chi connectivity index (χ1v) is 6.17. The smallest absolute Gasteiger partial charge is 0.303 e. The van der Waals surface area contributed by atoms with Gasteiger partial charge in [-0.25, -0.2) is 0 Å². The van der Waals surface area contributed by atoms with Gasteiger partial charge in [-0.15, -0.1) is 0 Å². The number of hydrogen-bond donors (Lipinski definition) is 1. The van der Waals surface area contributed by atoms with Crippen molar-refractivity contribution in [1.82, 2.24) is 0 Å². The van der Waals surface area contributed by atoms with Gasteiger partial charge < -0.3 is 19.0 Å². The molecule has 1 aromatic carbocycles. The fraction of sp³-hybridized carbons (Fsp3) is 0.267. The number of methoxy groups -OCH3 is 2. The van der Waals surface area contributed by atoms with Crippen molar-refractivity contribution in [2.45, 2.75) is 12.8 Å². The average molecular weight is 276 g/mol. The summed E-state index contributed by atoms with van der Waals surface area (Å²) in [5.74, 6) is 1.75. The van der Waals surface area contributed by atoms with Gasteiger partial charge in [0.2, 0.25) is 0 Å². The predicted octanol–water partition coefficient (Wildman–Crippen LogP) is 2.98. The van der Waals surface area contributed by atoms with E-state index in [0.29, 0.717) is 29.4 Å². The van der Waals surface area contributed by atoms with E-state index in [9.17, 15) is 4.79 Å². The third-order valence-electron chi connectivity index (χ3n) is 2.91. The van der Waals surface area contributed by atoms with Crippen LogP contribution in [0.25, 0.3) is 11.3 Å². The van der Waals surface area contributed by atoms with Crippen molar-refractivity contribution >= 4 is 5.97 Å². The van der Waals surface area contributed by atoms with Gasteiger partial charge in [0.15, 0.2) is 11.5 Å². The van der Waals surface area contributed by atoms with E-state index in [0.717, 1.165) is 5.56 Å². The standard InChI is InChI=1S/C15H16O5/c1-18-13-6-3-10(9-14(13)19-2)12-7-4-11(20-12)5-8-15(16)17/h3-4,6-7,9H,5,8H2,1-2H3,(H,16,17). The lowest BCUT2D eigenvalue weighted by Crippen LogP contribution is -1.96. The molecule has 0 unspecified atom stereocenters. The van der Waals surface area contributed by atoms with Crippen LogP contribution in [-0.4, -0.2) is 25.3 Å². The Labute approximate surface area is 116 Å². The van der Waals surface area contributed by atoms with Gasteiger partial charge in [0, 0.05) is 12.0 Å². The highest BCUT2D eigenvalue weighted by atomic mass is 16.5. The summed E-state index contributed by atoms with van der Waals surface area (Å²) >= 11 is 0. The lowest BCUT2D eigenvalue weighted by atomic mass is 10.1. The van der Waals surface area contributed by atoms with Gasteiger partial charge in [-0.2, -0.15) is 0 Å².